The molecule has 0 aliphatic carbocycles. The number of carbonyl (C=O) groups is 1. The van der Waals surface area contributed by atoms with Gasteiger partial charge < -0.3 is 10.2 Å². The lowest BCUT2D eigenvalue weighted by atomic mass is 9.89. The molecule has 1 aromatic heterocycles. The van der Waals surface area contributed by atoms with E-state index >= 15 is 0 Å². The largest absolute Gasteiger partial charge is 0.350 e. The van der Waals surface area contributed by atoms with Gasteiger partial charge >= 0.3 is 0 Å². The number of hydrogen-bond acceptors (Lipinski definition) is 3. The molecule has 1 aliphatic rings. The molecule has 4 nitrogen and oxygen atoms in total. The highest BCUT2D eigenvalue weighted by Crippen LogP contribution is 2.29. The molecule has 4 heteroatoms. The molecule has 0 bridgehead atoms. The molecule has 23 heavy (non-hydrogen) atoms. The van der Waals surface area contributed by atoms with Gasteiger partial charge in [0, 0.05) is 24.2 Å². The highest BCUT2D eigenvalue weighted by atomic mass is 16.1. The third-order valence-electron chi connectivity index (χ3n) is 4.33. The summed E-state index contributed by atoms with van der Waals surface area (Å²) in [6.45, 7) is 13.9. The van der Waals surface area contributed by atoms with Crippen molar-refractivity contribution in [2.45, 2.75) is 59.4 Å². The van der Waals surface area contributed by atoms with E-state index in [4.69, 9.17) is 4.98 Å². The minimum absolute atomic E-state index is 0.00658. The second kappa shape index (κ2) is 7.91. The Morgan fingerprint density at radius 1 is 1.26 bits per heavy atom. The van der Waals surface area contributed by atoms with Crippen molar-refractivity contribution < 1.29 is 4.79 Å². The Bertz CT molecular complexity index is 531. The predicted molar refractivity (Wildman–Crippen MR) is 94.8 cm³/mol. The van der Waals surface area contributed by atoms with E-state index in [0.717, 1.165) is 49.4 Å². The van der Waals surface area contributed by atoms with Crippen LogP contribution in [0.1, 0.15) is 68.2 Å². The van der Waals surface area contributed by atoms with Gasteiger partial charge in [0.1, 0.15) is 0 Å². The fourth-order valence-electron chi connectivity index (χ4n) is 3.33. The van der Waals surface area contributed by atoms with E-state index in [-0.39, 0.29) is 11.9 Å². The van der Waals surface area contributed by atoms with Crippen LogP contribution in [0.5, 0.6) is 0 Å². The first-order valence-electron chi connectivity index (χ1n) is 8.87. The topological polar surface area (TPSA) is 45.2 Å². The average Bonchev–Trinajstić information content (AvgIpc) is 2.46. The molecule has 0 unspecified atom stereocenters. The number of carbonyl (C=O) groups excluding carboxylic acids is 1. The summed E-state index contributed by atoms with van der Waals surface area (Å²) < 4.78 is 0. The van der Waals surface area contributed by atoms with Crippen LogP contribution in [0.4, 0.5) is 0 Å². The number of aryl methyl sites for hydroxylation is 1. The fraction of sp³-hybridized carbons (Fsp3) is 0.684. The second-order valence-corrected chi connectivity index (χ2v) is 7.48. The first kappa shape index (κ1) is 17.9. The van der Waals surface area contributed by atoms with E-state index in [2.05, 4.69) is 24.1 Å². The van der Waals surface area contributed by atoms with E-state index in [1.54, 1.807) is 0 Å². The van der Waals surface area contributed by atoms with Crippen LogP contribution < -0.4 is 5.32 Å². The van der Waals surface area contributed by atoms with Gasteiger partial charge in [0.15, 0.2) is 0 Å². The van der Waals surface area contributed by atoms with Crippen molar-refractivity contribution in [3.8, 4) is 0 Å². The Kier molecular flexibility index (Phi) is 6.17. The van der Waals surface area contributed by atoms with Gasteiger partial charge in [0.25, 0.3) is 5.91 Å². The first-order valence-corrected chi connectivity index (χ1v) is 8.87. The van der Waals surface area contributed by atoms with Crippen molar-refractivity contribution in [1.29, 1.82) is 0 Å². The number of rotatable bonds is 5. The lowest BCUT2D eigenvalue weighted by Gasteiger charge is -2.33. The Hall–Kier alpha value is -1.42. The van der Waals surface area contributed by atoms with Gasteiger partial charge in [-0.2, -0.15) is 0 Å². The zero-order chi connectivity index (χ0) is 17.0. The summed E-state index contributed by atoms with van der Waals surface area (Å²) in [5.74, 6) is 1.11. The Balaban J connectivity index is 2.13. The molecule has 1 saturated heterocycles. The molecule has 2 heterocycles. The van der Waals surface area contributed by atoms with Gasteiger partial charge in [0.05, 0.1) is 11.3 Å². The van der Waals surface area contributed by atoms with Gasteiger partial charge in [-0.25, -0.2) is 0 Å². The smallest absolute Gasteiger partial charge is 0.253 e. The number of piperidine rings is 1. The van der Waals surface area contributed by atoms with Crippen LogP contribution in [0.2, 0.25) is 0 Å². The van der Waals surface area contributed by atoms with Gasteiger partial charge in [-0.15, -0.1) is 0 Å². The lowest BCUT2D eigenvalue weighted by molar-refractivity contribution is 0.0940. The molecule has 128 valence electrons. The van der Waals surface area contributed by atoms with Gasteiger partial charge in [-0.1, -0.05) is 13.8 Å². The van der Waals surface area contributed by atoms with Crippen molar-refractivity contribution in [3.05, 3.63) is 29.1 Å². The lowest BCUT2D eigenvalue weighted by Crippen LogP contribution is -2.37. The van der Waals surface area contributed by atoms with Crippen LogP contribution in [-0.2, 0) is 0 Å². The Labute approximate surface area is 140 Å². The molecule has 1 aromatic rings. The van der Waals surface area contributed by atoms with Crippen molar-refractivity contribution in [2.24, 2.45) is 5.92 Å². The number of pyridine rings is 1. The van der Waals surface area contributed by atoms with Gasteiger partial charge in [0.2, 0.25) is 0 Å². The van der Waals surface area contributed by atoms with Crippen LogP contribution in [0, 0.1) is 12.8 Å². The number of nitrogens with one attached hydrogen (secondary N) is 1. The summed E-state index contributed by atoms with van der Waals surface area (Å²) >= 11 is 0. The summed E-state index contributed by atoms with van der Waals surface area (Å²) in [5.41, 5.74) is 2.74. The number of amides is 1. The third kappa shape index (κ3) is 5.03. The van der Waals surface area contributed by atoms with Crippen LogP contribution in [0.3, 0.4) is 0 Å². The van der Waals surface area contributed by atoms with Crippen LogP contribution in [0.15, 0.2) is 12.1 Å². The molecular weight excluding hydrogens is 286 g/mol. The quantitative estimate of drug-likeness (QED) is 0.905. The van der Waals surface area contributed by atoms with Crippen molar-refractivity contribution in [2.75, 3.05) is 19.6 Å². The summed E-state index contributed by atoms with van der Waals surface area (Å²) in [6.07, 6.45) is 2.18. The maximum absolute atomic E-state index is 12.5. The highest BCUT2D eigenvalue weighted by molar-refractivity contribution is 5.95. The molecule has 1 aliphatic heterocycles. The summed E-state index contributed by atoms with van der Waals surface area (Å²) in [7, 11) is 0. The summed E-state index contributed by atoms with van der Waals surface area (Å²) in [6, 6.07) is 4.02. The van der Waals surface area contributed by atoms with Crippen LogP contribution >= 0.6 is 0 Å². The molecule has 0 saturated carbocycles. The van der Waals surface area contributed by atoms with E-state index in [1.165, 1.54) is 0 Å². The third-order valence-corrected chi connectivity index (χ3v) is 4.33. The van der Waals surface area contributed by atoms with Crippen LogP contribution in [-0.4, -0.2) is 41.5 Å². The maximum atomic E-state index is 12.5. The molecule has 0 aromatic carbocycles. The maximum Gasteiger partial charge on any atom is 0.253 e. The van der Waals surface area contributed by atoms with Gasteiger partial charge in [-0.3, -0.25) is 9.78 Å². The molecule has 1 fully saturated rings. The Morgan fingerprint density at radius 3 is 2.48 bits per heavy atom. The predicted octanol–water partition coefficient (Wildman–Crippen LogP) is 3.36. The summed E-state index contributed by atoms with van der Waals surface area (Å²) in [4.78, 5) is 19.7. The normalized spacial score (nSPS) is 17.0. The van der Waals surface area contributed by atoms with E-state index in [0.29, 0.717) is 11.8 Å². The molecule has 2 rings (SSSR count). The van der Waals surface area contributed by atoms with E-state index in [1.807, 2.05) is 32.9 Å². The number of hydrogen-bond donors (Lipinski definition) is 1. The standard InChI is InChI=1S/C19H31N3O/c1-13(2)12-22-10-8-16(9-11-22)18-17(7-6-15(5)21-18)19(23)20-14(3)4/h6-7,13-14,16H,8-12H2,1-5H3,(H,20,23). The van der Waals surface area contributed by atoms with Crippen LogP contribution in [0.25, 0.3) is 0 Å². The zero-order valence-electron chi connectivity index (χ0n) is 15.2. The fourth-order valence-corrected chi connectivity index (χ4v) is 3.33. The monoisotopic (exact) mass is 317 g/mol. The van der Waals surface area contributed by atoms with Gasteiger partial charge in [-0.05, 0) is 64.8 Å². The minimum Gasteiger partial charge on any atom is -0.350 e. The second-order valence-electron chi connectivity index (χ2n) is 7.48. The van der Waals surface area contributed by atoms with Crippen molar-refractivity contribution >= 4 is 5.91 Å². The van der Waals surface area contributed by atoms with Crippen molar-refractivity contribution in [1.82, 2.24) is 15.2 Å². The highest BCUT2D eigenvalue weighted by Gasteiger charge is 2.26. The molecule has 0 atom stereocenters. The van der Waals surface area contributed by atoms with Crippen molar-refractivity contribution in [3.63, 3.8) is 0 Å². The zero-order valence-corrected chi connectivity index (χ0v) is 15.2. The molecular formula is C19H31N3O. The Morgan fingerprint density at radius 2 is 1.91 bits per heavy atom. The molecule has 0 spiro atoms. The van der Waals surface area contributed by atoms with E-state index < -0.39 is 0 Å². The first-order chi connectivity index (χ1) is 10.9. The van der Waals surface area contributed by atoms with E-state index in [9.17, 15) is 4.79 Å². The number of nitrogens with zero attached hydrogens (tertiary/aromatic N) is 2. The molecule has 1 N–H and O–H groups in total. The minimum atomic E-state index is 0.00658. The molecule has 0 radical (unpaired) electrons. The number of aromatic nitrogens is 1. The average molecular weight is 317 g/mol. The summed E-state index contributed by atoms with van der Waals surface area (Å²) in [5, 5.41) is 3.00. The SMILES string of the molecule is Cc1ccc(C(=O)NC(C)C)c(C2CCN(CC(C)C)CC2)n1. The molecule has 1 amide bonds. The number of likely N-dealkylation sites (tertiary alicyclic amines) is 1.